The van der Waals surface area contributed by atoms with Gasteiger partial charge in [0.2, 0.25) is 0 Å². The normalized spacial score (nSPS) is 47.5. The van der Waals surface area contributed by atoms with E-state index in [1.54, 1.807) is 0 Å². The number of aliphatic hydroxyl groups is 1. The van der Waals surface area contributed by atoms with Gasteiger partial charge in [-0.2, -0.15) is 5.10 Å². The van der Waals surface area contributed by atoms with E-state index in [4.69, 9.17) is 18.0 Å². The molecule has 5 heteroatoms. The zero-order chi connectivity index (χ0) is 17.8. The Morgan fingerprint density at radius 2 is 1.96 bits per heavy atom. The summed E-state index contributed by atoms with van der Waals surface area (Å²) in [6.45, 7) is 4.88. The van der Waals surface area contributed by atoms with Gasteiger partial charge in [-0.15, -0.1) is 0 Å². The van der Waals surface area contributed by atoms with Crippen molar-refractivity contribution in [1.82, 2.24) is 5.43 Å². The molecule has 6 atom stereocenters. The van der Waals surface area contributed by atoms with Gasteiger partial charge in [-0.3, -0.25) is 5.43 Å². The Labute approximate surface area is 156 Å². The van der Waals surface area contributed by atoms with Gasteiger partial charge in [-0.25, -0.2) is 0 Å². The second kappa shape index (κ2) is 6.05. The Morgan fingerprint density at radius 3 is 2.72 bits per heavy atom. The first-order valence-corrected chi connectivity index (χ1v) is 10.3. The van der Waals surface area contributed by atoms with Crippen molar-refractivity contribution in [3.05, 3.63) is 11.6 Å². The molecule has 0 saturated heterocycles. The highest BCUT2D eigenvalue weighted by molar-refractivity contribution is 7.80. The van der Waals surface area contributed by atoms with Crippen LogP contribution in [-0.4, -0.2) is 22.0 Å². The molecule has 0 radical (unpaired) electrons. The average Bonchev–Trinajstić information content (AvgIpc) is 2.90. The van der Waals surface area contributed by atoms with Crippen LogP contribution in [0.3, 0.4) is 0 Å². The summed E-state index contributed by atoms with van der Waals surface area (Å²) in [5, 5.41) is 14.9. The number of nitrogens with zero attached hydrogens (tertiary/aromatic N) is 1. The lowest BCUT2D eigenvalue weighted by molar-refractivity contribution is -0.0209. The highest BCUT2D eigenvalue weighted by atomic mass is 32.1. The summed E-state index contributed by atoms with van der Waals surface area (Å²) in [5.74, 6) is 2.22. The fourth-order valence-electron chi connectivity index (χ4n) is 6.74. The van der Waals surface area contributed by atoms with Gasteiger partial charge in [-0.05, 0) is 86.8 Å². The number of thiocarbonyl (C=S) groups is 1. The fraction of sp³-hybridized carbons (Fsp3) is 0.800. The average molecular weight is 362 g/mol. The smallest absolute Gasteiger partial charge is 0.184 e. The van der Waals surface area contributed by atoms with Crippen LogP contribution in [-0.2, 0) is 0 Å². The van der Waals surface area contributed by atoms with Crippen LogP contribution in [0.25, 0.3) is 0 Å². The molecular weight excluding hydrogens is 330 g/mol. The van der Waals surface area contributed by atoms with Crippen LogP contribution in [0.4, 0.5) is 0 Å². The van der Waals surface area contributed by atoms with Crippen LogP contribution in [0.1, 0.15) is 65.2 Å². The number of allylic oxidation sites excluding steroid dienone is 1. The molecule has 0 heterocycles. The number of hydrogen-bond donors (Lipinski definition) is 3. The number of fused-ring (bicyclic) bond motifs is 5. The van der Waals surface area contributed by atoms with Crippen molar-refractivity contribution >= 4 is 23.0 Å². The molecule has 0 aliphatic heterocycles. The van der Waals surface area contributed by atoms with E-state index < -0.39 is 0 Å². The Balaban J connectivity index is 1.62. The minimum absolute atomic E-state index is 0.124. The predicted molar refractivity (Wildman–Crippen MR) is 105 cm³/mol. The maximum Gasteiger partial charge on any atom is 0.184 e. The molecule has 0 amide bonds. The molecule has 0 unspecified atom stereocenters. The molecule has 3 saturated carbocycles. The molecule has 0 spiro atoms. The highest BCUT2D eigenvalue weighted by Gasteiger charge is 2.57. The predicted octanol–water partition coefficient (Wildman–Crippen LogP) is 3.50. The van der Waals surface area contributed by atoms with Gasteiger partial charge in [0, 0.05) is 11.1 Å². The van der Waals surface area contributed by atoms with E-state index in [2.05, 4.69) is 30.5 Å². The quantitative estimate of drug-likeness (QED) is 0.380. The minimum Gasteiger partial charge on any atom is -0.393 e. The Hall–Kier alpha value is -0.940. The lowest BCUT2D eigenvalue weighted by Gasteiger charge is -2.57. The third kappa shape index (κ3) is 2.66. The van der Waals surface area contributed by atoms with Crippen LogP contribution in [0.15, 0.2) is 16.8 Å². The summed E-state index contributed by atoms with van der Waals surface area (Å²) in [6.07, 6.45) is 11.3. The number of nitrogens with two attached hydrogens (primary N) is 1. The van der Waals surface area contributed by atoms with Crippen molar-refractivity contribution < 1.29 is 5.11 Å². The van der Waals surface area contributed by atoms with Gasteiger partial charge in [0.15, 0.2) is 5.11 Å². The Morgan fingerprint density at radius 1 is 1.24 bits per heavy atom. The highest BCUT2D eigenvalue weighted by Crippen LogP contribution is 2.64. The second-order valence-electron chi connectivity index (χ2n) is 9.19. The van der Waals surface area contributed by atoms with Gasteiger partial charge in [0.05, 0.1) is 6.10 Å². The maximum absolute atomic E-state index is 10.1. The van der Waals surface area contributed by atoms with Crippen LogP contribution in [0, 0.1) is 28.6 Å². The van der Waals surface area contributed by atoms with Crippen molar-refractivity contribution in [2.24, 2.45) is 39.4 Å². The van der Waals surface area contributed by atoms with E-state index in [-0.39, 0.29) is 16.6 Å². The summed E-state index contributed by atoms with van der Waals surface area (Å²) < 4.78 is 0. The fourth-order valence-corrected chi connectivity index (χ4v) is 6.78. The molecule has 4 nitrogen and oxygen atoms in total. The summed E-state index contributed by atoms with van der Waals surface area (Å²) in [6, 6.07) is 0. The molecule has 25 heavy (non-hydrogen) atoms. The van der Waals surface area contributed by atoms with Crippen molar-refractivity contribution in [2.75, 3.05) is 0 Å². The first-order chi connectivity index (χ1) is 11.8. The molecule has 4 aliphatic carbocycles. The zero-order valence-corrected chi connectivity index (χ0v) is 16.2. The second-order valence-corrected chi connectivity index (χ2v) is 9.63. The van der Waals surface area contributed by atoms with Crippen molar-refractivity contribution in [1.29, 1.82) is 0 Å². The van der Waals surface area contributed by atoms with E-state index in [9.17, 15) is 5.11 Å². The van der Waals surface area contributed by atoms with E-state index in [1.807, 2.05) is 0 Å². The van der Waals surface area contributed by atoms with Crippen molar-refractivity contribution in [2.45, 2.75) is 71.3 Å². The summed E-state index contributed by atoms with van der Waals surface area (Å²) in [7, 11) is 0. The lowest BCUT2D eigenvalue weighted by Crippen LogP contribution is -2.50. The van der Waals surface area contributed by atoms with Crippen molar-refractivity contribution in [3.8, 4) is 0 Å². The summed E-state index contributed by atoms with van der Waals surface area (Å²) in [5.41, 5.74) is 11.7. The molecule has 4 rings (SSSR count). The molecule has 138 valence electrons. The van der Waals surface area contributed by atoms with Gasteiger partial charge in [-0.1, -0.05) is 25.5 Å². The van der Waals surface area contributed by atoms with Crippen molar-refractivity contribution in [3.63, 3.8) is 0 Å². The Kier molecular flexibility index (Phi) is 4.23. The largest absolute Gasteiger partial charge is 0.393 e. The van der Waals surface area contributed by atoms with E-state index in [0.29, 0.717) is 11.3 Å². The number of aliphatic hydroxyl groups excluding tert-OH is 1. The molecule has 0 aromatic carbocycles. The molecular formula is C20H31N3OS. The minimum atomic E-state index is -0.124. The van der Waals surface area contributed by atoms with E-state index >= 15 is 0 Å². The molecule has 4 aliphatic rings. The number of hydrogen-bond acceptors (Lipinski definition) is 3. The summed E-state index contributed by atoms with van der Waals surface area (Å²) in [4.78, 5) is 0. The topological polar surface area (TPSA) is 70.6 Å². The van der Waals surface area contributed by atoms with Gasteiger partial charge >= 0.3 is 0 Å². The third-order valence-electron chi connectivity index (χ3n) is 8.12. The monoisotopic (exact) mass is 361 g/mol. The molecule has 0 aromatic heterocycles. The molecule has 0 aromatic rings. The Bertz CT molecular complexity index is 645. The number of rotatable bonds is 1. The van der Waals surface area contributed by atoms with Gasteiger partial charge < -0.3 is 10.8 Å². The lowest BCUT2D eigenvalue weighted by atomic mass is 9.48. The SMILES string of the molecule is C[C@]12CC[C@H](O)CC1=CC[C@H]1[C@@H]2CC[C@]2(C)/C(=N/NC(N)=S)CC[C@@H]12. The summed E-state index contributed by atoms with van der Waals surface area (Å²) >= 11 is 4.93. The van der Waals surface area contributed by atoms with Gasteiger partial charge in [0.25, 0.3) is 0 Å². The molecule has 3 fully saturated rings. The molecule has 0 bridgehead atoms. The first kappa shape index (κ1) is 17.5. The van der Waals surface area contributed by atoms with Gasteiger partial charge in [0.1, 0.15) is 0 Å². The van der Waals surface area contributed by atoms with E-state index in [1.165, 1.54) is 37.0 Å². The van der Waals surface area contributed by atoms with Crippen LogP contribution < -0.4 is 11.2 Å². The first-order valence-electron chi connectivity index (χ1n) is 9.84. The van der Waals surface area contributed by atoms with Crippen LogP contribution in [0.5, 0.6) is 0 Å². The zero-order valence-electron chi connectivity index (χ0n) is 15.4. The number of hydrazone groups is 1. The maximum atomic E-state index is 10.1. The van der Waals surface area contributed by atoms with Crippen LogP contribution >= 0.6 is 12.2 Å². The number of nitrogens with one attached hydrogen (secondary N) is 1. The van der Waals surface area contributed by atoms with Crippen LogP contribution in [0.2, 0.25) is 0 Å². The molecule has 4 N–H and O–H groups in total. The van der Waals surface area contributed by atoms with E-state index in [0.717, 1.165) is 37.5 Å². The standard InChI is InChI=1S/C20H31N3OS/c1-19-9-7-13(24)11-12(19)3-4-14-15-5-6-17(22-23-18(21)25)20(15,2)10-8-16(14)19/h3,13-16,24H,4-11H2,1-2H3,(H3,21,23,25)/b22-17+/t13-,14+,15-,16-,19-,20-/m0/s1. The third-order valence-corrected chi connectivity index (χ3v) is 8.21.